The lowest BCUT2D eigenvalue weighted by Gasteiger charge is -2.40. The summed E-state index contributed by atoms with van der Waals surface area (Å²) in [6.07, 6.45) is 74.4. The zero-order valence-corrected chi connectivity index (χ0v) is 48.5. The summed E-state index contributed by atoms with van der Waals surface area (Å²) in [4.78, 5) is 13.1. The molecule has 1 aliphatic heterocycles. The smallest absolute Gasteiger partial charge is 0.220 e. The third-order valence-electron chi connectivity index (χ3n) is 14.1. The van der Waals surface area contributed by atoms with Gasteiger partial charge in [-0.25, -0.2) is 0 Å². The van der Waals surface area contributed by atoms with Crippen molar-refractivity contribution in [2.24, 2.45) is 0 Å². The van der Waals surface area contributed by atoms with Gasteiger partial charge in [0.1, 0.15) is 24.4 Å². The van der Waals surface area contributed by atoms with Crippen LogP contribution in [0.4, 0.5) is 0 Å². The molecule has 0 spiro atoms. The van der Waals surface area contributed by atoms with Crippen LogP contribution in [0.15, 0.2) is 109 Å². The van der Waals surface area contributed by atoms with Crippen LogP contribution in [-0.4, -0.2) is 87.5 Å². The van der Waals surface area contributed by atoms with Crippen molar-refractivity contribution in [2.75, 3.05) is 13.2 Å². The molecule has 1 aliphatic rings. The molecule has 76 heavy (non-hydrogen) atoms. The first-order valence-electron chi connectivity index (χ1n) is 31.1. The Balaban J connectivity index is 2.25. The number of ether oxygens (including phenoxy) is 2. The largest absolute Gasteiger partial charge is 0.394 e. The van der Waals surface area contributed by atoms with Crippen molar-refractivity contribution in [3.63, 3.8) is 0 Å². The van der Waals surface area contributed by atoms with Gasteiger partial charge in [0, 0.05) is 6.42 Å². The number of carbonyl (C=O) groups is 1. The molecule has 1 amide bonds. The predicted octanol–water partition coefficient (Wildman–Crippen LogP) is 16.1. The lowest BCUT2D eigenvalue weighted by molar-refractivity contribution is -0.302. The van der Waals surface area contributed by atoms with Crippen molar-refractivity contribution < 1.29 is 39.8 Å². The number of hydrogen-bond acceptors (Lipinski definition) is 8. The quantitative estimate of drug-likeness (QED) is 0.0261. The molecule has 0 aromatic heterocycles. The highest BCUT2D eigenvalue weighted by molar-refractivity contribution is 5.76. The molecule has 9 heteroatoms. The minimum atomic E-state index is -1.58. The Labute approximate surface area is 466 Å². The monoisotopic (exact) mass is 1060 g/mol. The van der Waals surface area contributed by atoms with Crippen molar-refractivity contribution >= 4 is 5.91 Å². The second-order valence-electron chi connectivity index (χ2n) is 21.1. The standard InChI is InChI=1S/C67H115NO8/c1-3-5-7-9-11-13-15-17-19-21-23-25-27-29-30-31-32-33-35-37-39-41-43-45-47-49-51-53-55-57-63(71)68-60(59-75-67-66(74)65(73)64(72)62(58-69)76-67)61(70)56-54-52-50-48-46-44-42-40-38-36-34-28-26-24-22-20-18-16-14-12-10-8-6-4-2/h5,7,11,13,17,19,23,25,29-30,32-33,37,39,46,48,54,56,60-62,64-67,69-70,72-74H,3-4,6,8-10,12,14-16,18,20-22,24,26-28,31,34-36,38,40-45,47,49-53,55,57-59H2,1-2H3,(H,68,71)/b7-5-,13-11-,19-17-,25-23-,30-29-,33-32-,39-37-,48-46+,56-54+. The lowest BCUT2D eigenvalue weighted by atomic mass is 9.99. The molecule has 6 N–H and O–H groups in total. The summed E-state index contributed by atoms with van der Waals surface area (Å²) in [6.45, 7) is 3.65. The number of nitrogens with one attached hydrogen (secondary N) is 1. The van der Waals surface area contributed by atoms with E-state index in [4.69, 9.17) is 9.47 Å². The fourth-order valence-electron chi connectivity index (χ4n) is 9.21. The molecule has 0 aliphatic carbocycles. The van der Waals surface area contributed by atoms with Gasteiger partial charge in [0.15, 0.2) is 6.29 Å². The Kier molecular flexibility index (Phi) is 51.4. The zero-order valence-electron chi connectivity index (χ0n) is 48.5. The van der Waals surface area contributed by atoms with E-state index in [1.54, 1.807) is 6.08 Å². The van der Waals surface area contributed by atoms with Crippen molar-refractivity contribution in [1.82, 2.24) is 5.32 Å². The number of hydrogen-bond donors (Lipinski definition) is 6. The molecule has 7 unspecified atom stereocenters. The molecule has 0 aromatic rings. The molecule has 1 rings (SSSR count). The van der Waals surface area contributed by atoms with Crippen LogP contribution in [0, 0.1) is 0 Å². The number of unbranched alkanes of at least 4 members (excludes halogenated alkanes) is 26. The summed E-state index contributed by atoms with van der Waals surface area (Å²) in [7, 11) is 0. The number of aliphatic hydroxyl groups is 5. The predicted molar refractivity (Wildman–Crippen MR) is 322 cm³/mol. The summed E-state index contributed by atoms with van der Waals surface area (Å²) in [6, 6.07) is -0.837. The van der Waals surface area contributed by atoms with Gasteiger partial charge in [0.05, 0.1) is 25.4 Å². The number of rotatable bonds is 52. The van der Waals surface area contributed by atoms with Crippen LogP contribution in [0.2, 0.25) is 0 Å². The molecule has 0 radical (unpaired) electrons. The van der Waals surface area contributed by atoms with E-state index in [-0.39, 0.29) is 12.5 Å². The van der Waals surface area contributed by atoms with Crippen LogP contribution >= 0.6 is 0 Å². The van der Waals surface area contributed by atoms with Crippen molar-refractivity contribution in [1.29, 1.82) is 0 Å². The second kappa shape index (κ2) is 55.2. The summed E-state index contributed by atoms with van der Waals surface area (Å²) in [5.74, 6) is -0.201. The first kappa shape index (κ1) is 70.9. The molecule has 9 nitrogen and oxygen atoms in total. The molecule has 0 bridgehead atoms. The van der Waals surface area contributed by atoms with Crippen LogP contribution in [0.1, 0.15) is 251 Å². The number of allylic oxidation sites excluding steroid dienone is 17. The Hall–Kier alpha value is -3.15. The molecule has 0 aromatic carbocycles. The van der Waals surface area contributed by atoms with Crippen LogP contribution in [0.3, 0.4) is 0 Å². The van der Waals surface area contributed by atoms with Gasteiger partial charge in [0.2, 0.25) is 5.91 Å². The van der Waals surface area contributed by atoms with Gasteiger partial charge < -0.3 is 40.3 Å². The maximum Gasteiger partial charge on any atom is 0.220 e. The Morgan fingerprint density at radius 2 is 0.829 bits per heavy atom. The minimum Gasteiger partial charge on any atom is -0.394 e. The summed E-state index contributed by atoms with van der Waals surface area (Å²) < 4.78 is 11.3. The van der Waals surface area contributed by atoms with Gasteiger partial charge in [-0.15, -0.1) is 0 Å². The number of amides is 1. The van der Waals surface area contributed by atoms with Crippen molar-refractivity contribution in [3.8, 4) is 0 Å². The Morgan fingerprint density at radius 1 is 0.461 bits per heavy atom. The lowest BCUT2D eigenvalue weighted by Crippen LogP contribution is -2.60. The van der Waals surface area contributed by atoms with E-state index >= 15 is 0 Å². The summed E-state index contributed by atoms with van der Waals surface area (Å²) >= 11 is 0. The van der Waals surface area contributed by atoms with Gasteiger partial charge >= 0.3 is 0 Å². The highest BCUT2D eigenvalue weighted by atomic mass is 16.7. The third-order valence-corrected chi connectivity index (χ3v) is 14.1. The third kappa shape index (κ3) is 43.8. The summed E-state index contributed by atoms with van der Waals surface area (Å²) in [5, 5.41) is 54.6. The topological polar surface area (TPSA) is 149 Å². The number of aliphatic hydroxyl groups excluding tert-OH is 5. The van der Waals surface area contributed by atoms with Crippen molar-refractivity contribution in [3.05, 3.63) is 109 Å². The van der Waals surface area contributed by atoms with E-state index in [1.165, 1.54) is 135 Å². The van der Waals surface area contributed by atoms with E-state index in [9.17, 15) is 30.3 Å². The average molecular weight is 1060 g/mol. The van der Waals surface area contributed by atoms with E-state index < -0.39 is 49.5 Å². The molecular formula is C67H115NO8. The van der Waals surface area contributed by atoms with Crippen LogP contribution < -0.4 is 5.32 Å². The Bertz CT molecular complexity index is 1560. The average Bonchev–Trinajstić information content (AvgIpc) is 3.42. The van der Waals surface area contributed by atoms with Crippen LogP contribution in [0.5, 0.6) is 0 Å². The number of carbonyl (C=O) groups excluding carboxylic acids is 1. The SMILES string of the molecule is CC/C=C\C/C=C\C/C=C\C/C=C\C/C=C\C/C=C\C/C=C\CCCCCCCCCC(=O)NC(COC1OC(CO)C(O)C(O)C1O)C(O)/C=C/CC/C=C/CCCCCCCCCCCCCCCCCCCC. The minimum absolute atomic E-state index is 0.201. The normalized spacial score (nSPS) is 19.6. The molecule has 1 saturated heterocycles. The van der Waals surface area contributed by atoms with Crippen LogP contribution in [0.25, 0.3) is 0 Å². The fraction of sp³-hybridized carbons (Fsp3) is 0.716. The molecule has 436 valence electrons. The highest BCUT2D eigenvalue weighted by Crippen LogP contribution is 2.23. The fourth-order valence-corrected chi connectivity index (χ4v) is 9.21. The summed E-state index contributed by atoms with van der Waals surface area (Å²) in [5.41, 5.74) is 0. The maximum absolute atomic E-state index is 13.1. The van der Waals surface area contributed by atoms with E-state index in [1.807, 2.05) is 6.08 Å². The van der Waals surface area contributed by atoms with E-state index in [0.29, 0.717) is 6.42 Å². The van der Waals surface area contributed by atoms with Gasteiger partial charge in [0.25, 0.3) is 0 Å². The first-order valence-corrected chi connectivity index (χ1v) is 31.1. The van der Waals surface area contributed by atoms with Gasteiger partial charge in [-0.05, 0) is 89.9 Å². The highest BCUT2D eigenvalue weighted by Gasteiger charge is 2.44. The van der Waals surface area contributed by atoms with Gasteiger partial charge in [-0.2, -0.15) is 0 Å². The van der Waals surface area contributed by atoms with Crippen LogP contribution in [-0.2, 0) is 14.3 Å². The maximum atomic E-state index is 13.1. The van der Waals surface area contributed by atoms with E-state index in [0.717, 1.165) is 96.3 Å². The van der Waals surface area contributed by atoms with Crippen molar-refractivity contribution in [2.45, 2.75) is 294 Å². The first-order chi connectivity index (χ1) is 37.3. The molecule has 1 heterocycles. The Morgan fingerprint density at radius 3 is 1.26 bits per heavy atom. The zero-order chi connectivity index (χ0) is 55.0. The van der Waals surface area contributed by atoms with Gasteiger partial charge in [-0.1, -0.05) is 264 Å². The molecule has 1 fully saturated rings. The molecule has 0 saturated carbocycles. The van der Waals surface area contributed by atoms with Gasteiger partial charge in [-0.3, -0.25) is 4.79 Å². The van der Waals surface area contributed by atoms with E-state index in [2.05, 4.69) is 116 Å². The molecule has 7 atom stereocenters. The second-order valence-corrected chi connectivity index (χ2v) is 21.1. The molecular weight excluding hydrogens is 947 g/mol.